The van der Waals surface area contributed by atoms with Gasteiger partial charge < -0.3 is 10.1 Å². The highest BCUT2D eigenvalue weighted by atomic mass is 32.2. The Morgan fingerprint density at radius 2 is 2.25 bits per heavy atom. The van der Waals surface area contributed by atoms with Crippen molar-refractivity contribution < 1.29 is 9.53 Å². The van der Waals surface area contributed by atoms with Crippen LogP contribution in [-0.2, 0) is 4.79 Å². The zero-order valence-electron chi connectivity index (χ0n) is 16.4. The number of H-pyrrole nitrogens is 1. The van der Waals surface area contributed by atoms with Gasteiger partial charge in [-0.1, -0.05) is 24.8 Å². The fraction of sp³-hybridized carbons (Fsp3) is 0.368. The van der Waals surface area contributed by atoms with Gasteiger partial charge in [0.2, 0.25) is 5.91 Å². The van der Waals surface area contributed by atoms with Crippen molar-refractivity contribution in [1.29, 1.82) is 5.41 Å². The lowest BCUT2D eigenvalue weighted by molar-refractivity contribution is -0.119. The molecule has 3 aromatic rings. The van der Waals surface area contributed by atoms with E-state index in [0.717, 1.165) is 17.8 Å². The van der Waals surface area contributed by atoms with Gasteiger partial charge in [0.05, 0.1) is 23.9 Å². The number of aromatic nitrogens is 4. The van der Waals surface area contributed by atoms with Crippen LogP contribution >= 0.6 is 11.8 Å². The Morgan fingerprint density at radius 3 is 2.96 bits per heavy atom. The number of carbonyl (C=O) groups is 1. The molecule has 1 aromatic carbocycles. The summed E-state index contributed by atoms with van der Waals surface area (Å²) >= 11 is 1.28. The Labute approximate surface area is 167 Å². The summed E-state index contributed by atoms with van der Waals surface area (Å²) in [5, 5.41) is 19.9. The van der Waals surface area contributed by atoms with Crippen molar-refractivity contribution in [2.45, 2.75) is 38.4 Å². The normalized spacial score (nSPS) is 12.1. The largest absolute Gasteiger partial charge is 0.497 e. The first-order valence-corrected chi connectivity index (χ1v) is 10.0. The number of nitrogens with zero attached hydrogens (tertiary/aromatic N) is 3. The molecule has 0 unspecified atom stereocenters. The van der Waals surface area contributed by atoms with E-state index >= 15 is 0 Å². The molecule has 0 radical (unpaired) electrons. The Kier molecular flexibility index (Phi) is 6.03. The number of fused-ring (bicyclic) bond motifs is 1. The second-order valence-corrected chi connectivity index (χ2v) is 7.44. The zero-order chi connectivity index (χ0) is 20.3. The van der Waals surface area contributed by atoms with Gasteiger partial charge in [-0.05, 0) is 32.4 Å². The van der Waals surface area contributed by atoms with Crippen LogP contribution in [0.4, 0.5) is 0 Å². The van der Waals surface area contributed by atoms with Gasteiger partial charge in [0, 0.05) is 17.8 Å². The van der Waals surface area contributed by atoms with Crippen LogP contribution in [0.3, 0.4) is 0 Å². The average Bonchev–Trinajstić information content (AvgIpc) is 3.07. The second-order valence-electron chi connectivity index (χ2n) is 6.49. The first-order valence-electron chi connectivity index (χ1n) is 9.03. The van der Waals surface area contributed by atoms with Crippen LogP contribution in [-0.4, -0.2) is 44.6 Å². The summed E-state index contributed by atoms with van der Waals surface area (Å²) < 4.78 is 7.04. The van der Waals surface area contributed by atoms with E-state index < -0.39 is 0 Å². The highest BCUT2D eigenvalue weighted by Gasteiger charge is 2.17. The van der Waals surface area contributed by atoms with E-state index in [1.165, 1.54) is 11.8 Å². The number of thioether (sulfide) groups is 1. The van der Waals surface area contributed by atoms with E-state index in [1.807, 2.05) is 45.0 Å². The van der Waals surface area contributed by atoms with Crippen LogP contribution in [0, 0.1) is 12.3 Å². The molecule has 2 aromatic heterocycles. The number of aromatic amines is 1. The molecule has 0 spiro atoms. The maximum Gasteiger partial charge on any atom is 0.230 e. The molecule has 2 heterocycles. The van der Waals surface area contributed by atoms with E-state index in [1.54, 1.807) is 11.7 Å². The lowest BCUT2D eigenvalue weighted by Crippen LogP contribution is -2.33. The quantitative estimate of drug-likeness (QED) is 0.417. The van der Waals surface area contributed by atoms with Gasteiger partial charge in [-0.15, -0.1) is 0 Å². The molecule has 9 heteroatoms. The minimum Gasteiger partial charge on any atom is -0.497 e. The summed E-state index contributed by atoms with van der Waals surface area (Å²) in [5.41, 5.74) is 2.24. The van der Waals surface area contributed by atoms with Crippen molar-refractivity contribution in [3.63, 3.8) is 0 Å². The second kappa shape index (κ2) is 8.47. The predicted octanol–water partition coefficient (Wildman–Crippen LogP) is 2.55. The van der Waals surface area contributed by atoms with E-state index in [0.29, 0.717) is 21.9 Å². The Hall–Kier alpha value is -2.81. The third kappa shape index (κ3) is 4.04. The molecule has 0 saturated heterocycles. The number of aryl methyl sites for hydroxylation is 1. The maximum absolute atomic E-state index is 12.2. The standard InChI is InChI=1S/C19H24N6O2S/c1-5-11(2)21-15(26)10-28-19-22-18-16(12(3)23-24-18)17(20)25(19)13-7-6-8-14(9-13)27-4/h6-9,11,20H,5,10H2,1-4H3,(H,21,26)(H,23,24)/t11-/m0/s1. The number of hydrogen-bond acceptors (Lipinski definition) is 6. The fourth-order valence-corrected chi connectivity index (χ4v) is 3.58. The number of hydrogen-bond donors (Lipinski definition) is 3. The maximum atomic E-state index is 12.2. The van der Waals surface area contributed by atoms with E-state index in [-0.39, 0.29) is 23.2 Å². The van der Waals surface area contributed by atoms with Crippen molar-refractivity contribution in [2.24, 2.45) is 0 Å². The zero-order valence-corrected chi connectivity index (χ0v) is 17.2. The third-order valence-electron chi connectivity index (χ3n) is 4.45. The summed E-state index contributed by atoms with van der Waals surface area (Å²) in [4.78, 5) is 16.8. The molecule has 1 atom stereocenters. The van der Waals surface area contributed by atoms with Crippen molar-refractivity contribution in [3.8, 4) is 11.4 Å². The van der Waals surface area contributed by atoms with Crippen LogP contribution in [0.2, 0.25) is 0 Å². The molecule has 0 saturated carbocycles. The Bertz CT molecular complexity index is 1060. The molecule has 0 aliphatic heterocycles. The van der Waals surface area contributed by atoms with Gasteiger partial charge in [0.15, 0.2) is 10.8 Å². The van der Waals surface area contributed by atoms with Gasteiger partial charge in [-0.25, -0.2) is 4.98 Å². The van der Waals surface area contributed by atoms with E-state index in [4.69, 9.17) is 10.1 Å². The summed E-state index contributed by atoms with van der Waals surface area (Å²) in [7, 11) is 1.60. The van der Waals surface area contributed by atoms with Gasteiger partial charge in [0.25, 0.3) is 0 Å². The summed E-state index contributed by atoms with van der Waals surface area (Å²) in [6.07, 6.45) is 0.869. The highest BCUT2D eigenvalue weighted by molar-refractivity contribution is 7.99. The van der Waals surface area contributed by atoms with Gasteiger partial charge in [-0.2, -0.15) is 5.10 Å². The van der Waals surface area contributed by atoms with Crippen LogP contribution in [0.15, 0.2) is 29.4 Å². The van der Waals surface area contributed by atoms with Crippen LogP contribution < -0.4 is 15.5 Å². The molecule has 8 nitrogen and oxygen atoms in total. The molecule has 28 heavy (non-hydrogen) atoms. The first-order chi connectivity index (χ1) is 13.4. The van der Waals surface area contributed by atoms with Crippen LogP contribution in [0.5, 0.6) is 5.75 Å². The number of rotatable bonds is 7. The molecule has 0 fully saturated rings. The summed E-state index contributed by atoms with van der Waals surface area (Å²) in [6, 6.07) is 7.54. The van der Waals surface area contributed by atoms with E-state index in [9.17, 15) is 4.79 Å². The molecule has 148 valence electrons. The fourth-order valence-electron chi connectivity index (χ4n) is 2.76. The van der Waals surface area contributed by atoms with Gasteiger partial charge in [0.1, 0.15) is 11.2 Å². The van der Waals surface area contributed by atoms with Gasteiger partial charge >= 0.3 is 0 Å². The molecule has 0 aliphatic carbocycles. The minimum atomic E-state index is -0.0665. The number of methoxy groups -OCH3 is 1. The monoisotopic (exact) mass is 400 g/mol. The molecule has 3 N–H and O–H groups in total. The first kappa shape index (κ1) is 19.9. The lowest BCUT2D eigenvalue weighted by atomic mass is 10.2. The lowest BCUT2D eigenvalue weighted by Gasteiger charge is -2.15. The smallest absolute Gasteiger partial charge is 0.230 e. The summed E-state index contributed by atoms with van der Waals surface area (Å²) in [5.74, 6) is 0.817. The van der Waals surface area contributed by atoms with Crippen molar-refractivity contribution >= 4 is 28.7 Å². The van der Waals surface area contributed by atoms with Crippen LogP contribution in [0.25, 0.3) is 16.7 Å². The average molecular weight is 401 g/mol. The molecular formula is C19H24N6O2S. The van der Waals surface area contributed by atoms with Crippen molar-refractivity contribution in [1.82, 2.24) is 25.1 Å². The number of benzene rings is 1. The molecule has 1 amide bonds. The van der Waals surface area contributed by atoms with Crippen molar-refractivity contribution in [2.75, 3.05) is 12.9 Å². The highest BCUT2D eigenvalue weighted by Crippen LogP contribution is 2.23. The number of nitrogens with one attached hydrogen (secondary N) is 3. The van der Waals surface area contributed by atoms with Gasteiger partial charge in [-0.3, -0.25) is 19.9 Å². The SMILES string of the molecule is CC[C@H](C)NC(=O)CSc1nc2n[nH]c(C)c2c(=N)n1-c1cccc(OC)c1. The van der Waals surface area contributed by atoms with Crippen LogP contribution in [0.1, 0.15) is 26.0 Å². The third-order valence-corrected chi connectivity index (χ3v) is 5.38. The molecule has 0 aliphatic rings. The van der Waals surface area contributed by atoms with E-state index in [2.05, 4.69) is 20.5 Å². The molecular weight excluding hydrogens is 376 g/mol. The number of amides is 1. The molecule has 0 bridgehead atoms. The minimum absolute atomic E-state index is 0.0665. The number of carbonyl (C=O) groups excluding carboxylic acids is 1. The predicted molar refractivity (Wildman–Crippen MR) is 109 cm³/mol. The Balaban J connectivity index is 2.05. The van der Waals surface area contributed by atoms with Crippen molar-refractivity contribution in [3.05, 3.63) is 35.4 Å². The topological polar surface area (TPSA) is 109 Å². The molecule has 3 rings (SSSR count). The Morgan fingerprint density at radius 1 is 1.46 bits per heavy atom. The number of ether oxygens (including phenoxy) is 1. The summed E-state index contributed by atoms with van der Waals surface area (Å²) in [6.45, 7) is 5.85.